The molecule has 1 aromatic carbocycles. The Bertz CT molecular complexity index is 1020. The molecule has 3 aromatic rings. The van der Waals surface area contributed by atoms with E-state index in [1.54, 1.807) is 29.4 Å². The number of fused-ring (bicyclic) bond motifs is 1. The third kappa shape index (κ3) is 3.61. The number of rotatable bonds is 4. The van der Waals surface area contributed by atoms with Crippen molar-refractivity contribution in [3.63, 3.8) is 0 Å². The van der Waals surface area contributed by atoms with Gasteiger partial charge < -0.3 is 10.2 Å². The highest BCUT2D eigenvalue weighted by atomic mass is 32.2. The lowest BCUT2D eigenvalue weighted by atomic mass is 10.00. The highest BCUT2D eigenvalue weighted by Gasteiger charge is 2.26. The lowest BCUT2D eigenvalue weighted by Crippen LogP contribution is -2.35. The van der Waals surface area contributed by atoms with Crippen LogP contribution >= 0.6 is 23.1 Å². The maximum absolute atomic E-state index is 13.3. The van der Waals surface area contributed by atoms with Crippen LogP contribution in [-0.2, 0) is 0 Å². The van der Waals surface area contributed by atoms with Crippen molar-refractivity contribution in [3.8, 4) is 0 Å². The molecule has 1 fully saturated rings. The Kier molecular flexibility index (Phi) is 5.55. The highest BCUT2D eigenvalue weighted by molar-refractivity contribution is 7.98. The van der Waals surface area contributed by atoms with Crippen molar-refractivity contribution in [2.24, 2.45) is 5.92 Å². The molecular formula is C21H24N4OS2. The number of nitrogens with one attached hydrogen (secondary N) is 1. The number of thiophene rings is 1. The van der Waals surface area contributed by atoms with Crippen molar-refractivity contribution in [1.29, 1.82) is 0 Å². The Hall–Kier alpha value is -2.12. The van der Waals surface area contributed by atoms with E-state index in [0.717, 1.165) is 51.0 Å². The first kappa shape index (κ1) is 19.2. The van der Waals surface area contributed by atoms with Crippen molar-refractivity contribution < 1.29 is 4.79 Å². The zero-order valence-electron chi connectivity index (χ0n) is 16.4. The molecule has 1 aliphatic heterocycles. The average Bonchev–Trinajstić information content (AvgIpc) is 3.04. The molecule has 0 bridgehead atoms. The Morgan fingerprint density at radius 3 is 2.93 bits per heavy atom. The van der Waals surface area contributed by atoms with Gasteiger partial charge in [0.25, 0.3) is 5.91 Å². The maximum atomic E-state index is 13.3. The second-order valence-electron chi connectivity index (χ2n) is 7.26. The van der Waals surface area contributed by atoms with Crippen LogP contribution in [0.4, 0.5) is 11.5 Å². The number of benzene rings is 1. The largest absolute Gasteiger partial charge is 0.356 e. The Morgan fingerprint density at radius 2 is 2.14 bits per heavy atom. The fraction of sp³-hybridized carbons (Fsp3) is 0.381. The molecule has 3 heterocycles. The molecule has 0 saturated carbocycles. The quantitative estimate of drug-likeness (QED) is 0.596. The normalized spacial score (nSPS) is 17.1. The van der Waals surface area contributed by atoms with E-state index in [1.165, 1.54) is 6.42 Å². The van der Waals surface area contributed by atoms with E-state index < -0.39 is 0 Å². The molecule has 0 aliphatic carbocycles. The van der Waals surface area contributed by atoms with Gasteiger partial charge in [-0.1, -0.05) is 19.1 Å². The van der Waals surface area contributed by atoms with Crippen LogP contribution in [0.1, 0.15) is 35.0 Å². The predicted molar refractivity (Wildman–Crippen MR) is 119 cm³/mol. The third-order valence-electron chi connectivity index (χ3n) is 5.18. The minimum atomic E-state index is -0.0913. The predicted octanol–water partition coefficient (Wildman–Crippen LogP) is 5.21. The fourth-order valence-electron chi connectivity index (χ4n) is 3.86. The van der Waals surface area contributed by atoms with E-state index in [4.69, 9.17) is 0 Å². The number of aryl methyl sites for hydroxylation is 1. The van der Waals surface area contributed by atoms with Gasteiger partial charge in [-0.2, -0.15) is 0 Å². The molecule has 1 amide bonds. The Morgan fingerprint density at radius 1 is 1.32 bits per heavy atom. The molecule has 4 rings (SSSR count). The van der Waals surface area contributed by atoms with E-state index in [-0.39, 0.29) is 5.91 Å². The number of piperidine rings is 1. The summed E-state index contributed by atoms with van der Waals surface area (Å²) in [6.45, 7) is 6.21. The van der Waals surface area contributed by atoms with Gasteiger partial charge in [-0.15, -0.1) is 23.1 Å². The molecule has 146 valence electrons. The first-order valence-corrected chi connectivity index (χ1v) is 11.6. The lowest BCUT2D eigenvalue weighted by Gasteiger charge is -2.32. The number of carbonyl (C=O) groups excluding carboxylic acids is 1. The van der Waals surface area contributed by atoms with Gasteiger partial charge in [-0.25, -0.2) is 9.97 Å². The summed E-state index contributed by atoms with van der Waals surface area (Å²) in [5, 5.41) is 4.00. The van der Waals surface area contributed by atoms with Crippen LogP contribution in [-0.4, -0.2) is 35.2 Å². The minimum Gasteiger partial charge on any atom is -0.356 e. The average molecular weight is 413 g/mol. The minimum absolute atomic E-state index is 0.0913. The van der Waals surface area contributed by atoms with Crippen molar-refractivity contribution >= 4 is 50.7 Å². The maximum Gasteiger partial charge on any atom is 0.257 e. The summed E-state index contributed by atoms with van der Waals surface area (Å²) < 4.78 is 0. The molecule has 1 atom stereocenters. The molecular weight excluding hydrogens is 388 g/mol. The van der Waals surface area contributed by atoms with Gasteiger partial charge in [0.15, 0.2) is 0 Å². The molecule has 5 nitrogen and oxygen atoms in total. The van der Waals surface area contributed by atoms with E-state index in [0.29, 0.717) is 11.5 Å². The second-order valence-corrected chi connectivity index (χ2v) is 9.31. The van der Waals surface area contributed by atoms with Crippen LogP contribution in [0.2, 0.25) is 0 Å². The van der Waals surface area contributed by atoms with Crippen LogP contribution in [0.5, 0.6) is 0 Å². The van der Waals surface area contributed by atoms with Gasteiger partial charge in [-0.05, 0) is 44.1 Å². The number of amides is 1. The molecule has 28 heavy (non-hydrogen) atoms. The van der Waals surface area contributed by atoms with Crippen molar-refractivity contribution in [1.82, 2.24) is 9.97 Å². The zero-order chi connectivity index (χ0) is 19.7. The van der Waals surface area contributed by atoms with Crippen molar-refractivity contribution in [2.75, 3.05) is 29.6 Å². The van der Waals surface area contributed by atoms with Crippen molar-refractivity contribution in [3.05, 3.63) is 41.0 Å². The summed E-state index contributed by atoms with van der Waals surface area (Å²) in [5.41, 5.74) is 1.54. The fourth-order valence-corrected chi connectivity index (χ4v) is 5.39. The van der Waals surface area contributed by atoms with Gasteiger partial charge in [-0.3, -0.25) is 4.79 Å². The topological polar surface area (TPSA) is 58.1 Å². The first-order chi connectivity index (χ1) is 13.6. The zero-order valence-corrected chi connectivity index (χ0v) is 18.0. The molecule has 0 unspecified atom stereocenters. The molecule has 0 spiro atoms. The van der Waals surface area contributed by atoms with E-state index in [1.807, 2.05) is 37.4 Å². The van der Waals surface area contributed by atoms with Crippen LogP contribution in [0, 0.1) is 12.8 Å². The monoisotopic (exact) mass is 412 g/mol. The van der Waals surface area contributed by atoms with Gasteiger partial charge in [0.1, 0.15) is 17.0 Å². The van der Waals surface area contributed by atoms with Crippen LogP contribution in [0.15, 0.2) is 35.5 Å². The number of hydrogen-bond donors (Lipinski definition) is 1. The van der Waals surface area contributed by atoms with Crippen LogP contribution in [0.3, 0.4) is 0 Å². The SMILES string of the molecule is CSc1ccccc1NC(=O)c1c(C)sc2ncnc(N3CCC[C@H](C)C3)c12. The second kappa shape index (κ2) is 8.09. The summed E-state index contributed by atoms with van der Waals surface area (Å²) in [5.74, 6) is 1.43. The number of hydrogen-bond acceptors (Lipinski definition) is 6. The number of anilines is 2. The summed E-state index contributed by atoms with van der Waals surface area (Å²) >= 11 is 3.19. The van der Waals surface area contributed by atoms with Gasteiger partial charge >= 0.3 is 0 Å². The van der Waals surface area contributed by atoms with Gasteiger partial charge in [0.2, 0.25) is 0 Å². The highest BCUT2D eigenvalue weighted by Crippen LogP contribution is 2.37. The third-order valence-corrected chi connectivity index (χ3v) is 6.99. The number of carbonyl (C=O) groups is 1. The standard InChI is InChI=1S/C21H24N4OS2/c1-13-7-6-10-25(11-13)19-18-17(14(2)28-21(18)23-12-22-19)20(26)24-15-8-4-5-9-16(15)27-3/h4-5,8-9,12-13H,6-7,10-11H2,1-3H3,(H,24,26)/t13-/m0/s1. The summed E-state index contributed by atoms with van der Waals surface area (Å²) in [6, 6.07) is 7.88. The van der Waals surface area contributed by atoms with Crippen LogP contribution in [0.25, 0.3) is 10.2 Å². The molecule has 1 saturated heterocycles. The van der Waals surface area contributed by atoms with E-state index >= 15 is 0 Å². The summed E-state index contributed by atoms with van der Waals surface area (Å²) in [4.78, 5) is 27.6. The number of nitrogens with zero attached hydrogens (tertiary/aromatic N) is 3. The number of aromatic nitrogens is 2. The lowest BCUT2D eigenvalue weighted by molar-refractivity contribution is 0.102. The van der Waals surface area contributed by atoms with Crippen LogP contribution < -0.4 is 10.2 Å². The van der Waals surface area contributed by atoms with Gasteiger partial charge in [0.05, 0.1) is 16.6 Å². The first-order valence-electron chi connectivity index (χ1n) is 9.52. The van der Waals surface area contributed by atoms with Gasteiger partial charge in [0, 0.05) is 22.9 Å². The smallest absolute Gasteiger partial charge is 0.257 e. The van der Waals surface area contributed by atoms with E-state index in [2.05, 4.69) is 27.1 Å². The molecule has 7 heteroatoms. The molecule has 1 aliphatic rings. The number of para-hydroxylation sites is 1. The molecule has 0 radical (unpaired) electrons. The Balaban J connectivity index is 1.76. The number of thioether (sulfide) groups is 1. The van der Waals surface area contributed by atoms with Crippen molar-refractivity contribution in [2.45, 2.75) is 31.6 Å². The summed E-state index contributed by atoms with van der Waals surface area (Å²) in [7, 11) is 0. The summed E-state index contributed by atoms with van der Waals surface area (Å²) in [6.07, 6.45) is 6.03. The Labute approximate surface area is 173 Å². The van der Waals surface area contributed by atoms with E-state index in [9.17, 15) is 4.79 Å². The molecule has 1 N–H and O–H groups in total. The molecule has 2 aromatic heterocycles.